The molecular formula is C7H15O. The lowest BCUT2D eigenvalue weighted by Crippen LogP contribution is -2.01. The van der Waals surface area contributed by atoms with Crippen LogP contribution in [0, 0.1) is 12.5 Å². The van der Waals surface area contributed by atoms with E-state index in [1.54, 1.807) is 6.61 Å². The maximum Gasteiger partial charge on any atom is 0.0806 e. The predicted molar refractivity (Wildman–Crippen MR) is 35.4 cm³/mol. The van der Waals surface area contributed by atoms with Gasteiger partial charge >= 0.3 is 0 Å². The smallest absolute Gasteiger partial charge is 0.0806 e. The summed E-state index contributed by atoms with van der Waals surface area (Å²) in [7, 11) is 0. The average molecular weight is 115 g/mol. The Morgan fingerprint density at radius 2 is 2.25 bits per heavy atom. The van der Waals surface area contributed by atoms with E-state index in [0.717, 1.165) is 6.61 Å². The lowest BCUT2D eigenvalue weighted by molar-refractivity contribution is 0.163. The van der Waals surface area contributed by atoms with Gasteiger partial charge in [0.1, 0.15) is 0 Å². The fraction of sp³-hybridized carbons (Fsp3) is 0.857. The van der Waals surface area contributed by atoms with E-state index in [9.17, 15) is 0 Å². The molecule has 0 aromatic heterocycles. The van der Waals surface area contributed by atoms with Crippen molar-refractivity contribution in [1.29, 1.82) is 0 Å². The summed E-state index contributed by atoms with van der Waals surface area (Å²) in [6.07, 6.45) is 1.20. The molecule has 0 aromatic rings. The van der Waals surface area contributed by atoms with E-state index < -0.39 is 0 Å². The van der Waals surface area contributed by atoms with E-state index in [1.165, 1.54) is 6.42 Å². The topological polar surface area (TPSA) is 9.23 Å². The first-order chi connectivity index (χ1) is 3.81. The molecule has 0 fully saturated rings. The SMILES string of the molecule is C[CH]OCC(C)CC. The van der Waals surface area contributed by atoms with Crippen LogP contribution in [-0.4, -0.2) is 6.61 Å². The van der Waals surface area contributed by atoms with Crippen molar-refractivity contribution in [2.45, 2.75) is 27.2 Å². The fourth-order valence-electron chi connectivity index (χ4n) is 0.378. The maximum absolute atomic E-state index is 5.06. The summed E-state index contributed by atoms with van der Waals surface area (Å²) in [5.41, 5.74) is 0. The maximum atomic E-state index is 5.06. The Morgan fingerprint density at radius 1 is 1.62 bits per heavy atom. The third-order valence-corrected chi connectivity index (χ3v) is 1.24. The van der Waals surface area contributed by atoms with E-state index in [1.807, 2.05) is 6.92 Å². The van der Waals surface area contributed by atoms with Crippen molar-refractivity contribution in [2.75, 3.05) is 6.61 Å². The largest absolute Gasteiger partial charge is 0.376 e. The molecule has 0 saturated carbocycles. The van der Waals surface area contributed by atoms with Gasteiger partial charge in [-0.3, -0.25) is 0 Å². The first-order valence-electron chi connectivity index (χ1n) is 3.20. The van der Waals surface area contributed by atoms with Crippen LogP contribution >= 0.6 is 0 Å². The second-order valence-electron chi connectivity index (χ2n) is 2.08. The quantitative estimate of drug-likeness (QED) is 0.546. The Labute approximate surface area is 52.0 Å². The monoisotopic (exact) mass is 115 g/mol. The molecule has 1 unspecified atom stereocenters. The highest BCUT2D eigenvalue weighted by Crippen LogP contribution is 2.00. The molecule has 8 heavy (non-hydrogen) atoms. The Bertz CT molecular complexity index is 43.7. The Kier molecular flexibility index (Phi) is 5.08. The summed E-state index contributed by atoms with van der Waals surface area (Å²) in [6.45, 7) is 8.87. The minimum atomic E-state index is 0.700. The van der Waals surface area contributed by atoms with E-state index in [0.29, 0.717) is 5.92 Å². The molecule has 1 atom stereocenters. The predicted octanol–water partition coefficient (Wildman–Crippen LogP) is 2.23. The van der Waals surface area contributed by atoms with Gasteiger partial charge in [0.15, 0.2) is 0 Å². The molecule has 0 aliphatic heterocycles. The second kappa shape index (κ2) is 5.10. The second-order valence-corrected chi connectivity index (χ2v) is 2.08. The van der Waals surface area contributed by atoms with Crippen molar-refractivity contribution >= 4 is 0 Å². The number of hydrogen-bond acceptors (Lipinski definition) is 1. The summed E-state index contributed by atoms with van der Waals surface area (Å²) in [5.74, 6) is 0.700. The molecule has 0 N–H and O–H groups in total. The number of ether oxygens (including phenoxy) is 1. The molecule has 0 bridgehead atoms. The minimum absolute atomic E-state index is 0.700. The molecule has 1 heteroatoms. The molecule has 0 spiro atoms. The van der Waals surface area contributed by atoms with Gasteiger partial charge in [-0.1, -0.05) is 20.3 Å². The van der Waals surface area contributed by atoms with Gasteiger partial charge < -0.3 is 4.74 Å². The third kappa shape index (κ3) is 4.13. The van der Waals surface area contributed by atoms with Gasteiger partial charge in [-0.2, -0.15) is 0 Å². The lowest BCUT2D eigenvalue weighted by Gasteiger charge is -2.05. The molecule has 0 aromatic carbocycles. The van der Waals surface area contributed by atoms with E-state index in [2.05, 4.69) is 13.8 Å². The Hall–Kier alpha value is -0.0400. The highest BCUT2D eigenvalue weighted by molar-refractivity contribution is 4.47. The van der Waals surface area contributed by atoms with E-state index in [4.69, 9.17) is 4.74 Å². The van der Waals surface area contributed by atoms with Gasteiger partial charge in [0, 0.05) is 6.61 Å². The van der Waals surface area contributed by atoms with Crippen molar-refractivity contribution in [3.05, 3.63) is 6.61 Å². The van der Waals surface area contributed by atoms with Crippen LogP contribution in [0.25, 0.3) is 0 Å². The fourth-order valence-corrected chi connectivity index (χ4v) is 0.378. The first kappa shape index (κ1) is 7.96. The zero-order valence-corrected chi connectivity index (χ0v) is 5.98. The van der Waals surface area contributed by atoms with Crippen LogP contribution in [0.1, 0.15) is 27.2 Å². The van der Waals surface area contributed by atoms with Crippen molar-refractivity contribution in [3.8, 4) is 0 Å². The molecule has 1 radical (unpaired) electrons. The van der Waals surface area contributed by atoms with Crippen LogP contribution in [0.5, 0.6) is 0 Å². The van der Waals surface area contributed by atoms with Gasteiger partial charge in [0.2, 0.25) is 0 Å². The van der Waals surface area contributed by atoms with Gasteiger partial charge in [0.05, 0.1) is 6.61 Å². The summed E-state index contributed by atoms with van der Waals surface area (Å²) in [5, 5.41) is 0. The average Bonchev–Trinajstić information content (AvgIpc) is 1.83. The first-order valence-corrected chi connectivity index (χ1v) is 3.20. The highest BCUT2D eigenvalue weighted by Gasteiger charge is 1.95. The molecule has 0 amide bonds. The zero-order valence-electron chi connectivity index (χ0n) is 5.98. The number of rotatable bonds is 4. The summed E-state index contributed by atoms with van der Waals surface area (Å²) in [4.78, 5) is 0. The number of hydrogen-bond donors (Lipinski definition) is 0. The van der Waals surface area contributed by atoms with Gasteiger partial charge in [-0.25, -0.2) is 0 Å². The zero-order chi connectivity index (χ0) is 6.41. The van der Waals surface area contributed by atoms with Crippen LogP contribution in [0.15, 0.2) is 0 Å². The van der Waals surface area contributed by atoms with Crippen molar-refractivity contribution < 1.29 is 4.74 Å². The molecule has 0 saturated heterocycles. The molecular weight excluding hydrogens is 100 g/mol. The standard InChI is InChI=1S/C7H15O/c1-4-7(3)6-8-5-2/h5,7H,4,6H2,1-3H3. The molecule has 0 heterocycles. The summed E-state index contributed by atoms with van der Waals surface area (Å²) >= 11 is 0. The van der Waals surface area contributed by atoms with Crippen LogP contribution in [0.3, 0.4) is 0 Å². The van der Waals surface area contributed by atoms with E-state index in [-0.39, 0.29) is 0 Å². The minimum Gasteiger partial charge on any atom is -0.376 e. The molecule has 1 nitrogen and oxygen atoms in total. The normalized spacial score (nSPS) is 13.9. The lowest BCUT2D eigenvalue weighted by atomic mass is 10.1. The van der Waals surface area contributed by atoms with E-state index >= 15 is 0 Å². The summed E-state index contributed by atoms with van der Waals surface area (Å²) < 4.78 is 5.06. The molecule has 0 aliphatic carbocycles. The third-order valence-electron chi connectivity index (χ3n) is 1.24. The van der Waals surface area contributed by atoms with Crippen LogP contribution in [0.4, 0.5) is 0 Å². The Balaban J connectivity index is 2.86. The molecule has 0 rings (SSSR count). The molecule has 49 valence electrons. The van der Waals surface area contributed by atoms with Crippen LogP contribution < -0.4 is 0 Å². The van der Waals surface area contributed by atoms with Crippen molar-refractivity contribution in [3.63, 3.8) is 0 Å². The van der Waals surface area contributed by atoms with Gasteiger partial charge in [0.25, 0.3) is 0 Å². The highest BCUT2D eigenvalue weighted by atomic mass is 16.5. The Morgan fingerprint density at radius 3 is 2.62 bits per heavy atom. The summed E-state index contributed by atoms with van der Waals surface area (Å²) in [6, 6.07) is 0. The van der Waals surface area contributed by atoms with Gasteiger partial charge in [-0.05, 0) is 12.8 Å². The van der Waals surface area contributed by atoms with Gasteiger partial charge in [-0.15, -0.1) is 0 Å². The van der Waals surface area contributed by atoms with Crippen LogP contribution in [-0.2, 0) is 4.74 Å². The van der Waals surface area contributed by atoms with Crippen molar-refractivity contribution in [1.82, 2.24) is 0 Å². The molecule has 0 aliphatic rings. The van der Waals surface area contributed by atoms with Crippen LogP contribution in [0.2, 0.25) is 0 Å². The van der Waals surface area contributed by atoms with Crippen molar-refractivity contribution in [2.24, 2.45) is 5.92 Å².